The first-order valence-corrected chi connectivity index (χ1v) is 5.19. The van der Waals surface area contributed by atoms with E-state index < -0.39 is 6.29 Å². The van der Waals surface area contributed by atoms with Crippen LogP contribution in [0.15, 0.2) is 28.7 Å². The maximum absolute atomic E-state index is 9.22. The fraction of sp³-hybridized carbons (Fsp3) is 0.400. The van der Waals surface area contributed by atoms with Crippen molar-refractivity contribution >= 4 is 15.9 Å². The zero-order chi connectivity index (χ0) is 10.4. The molecule has 0 aliphatic carbocycles. The Bertz CT molecular complexity index is 278. The molecule has 0 fully saturated rings. The Morgan fingerprint density at radius 3 is 2.93 bits per heavy atom. The summed E-state index contributed by atoms with van der Waals surface area (Å²) < 4.78 is 11.2. The summed E-state index contributed by atoms with van der Waals surface area (Å²) in [5.74, 6) is 0.707. The van der Waals surface area contributed by atoms with Crippen LogP contribution in [0.3, 0.4) is 0 Å². The van der Waals surface area contributed by atoms with Gasteiger partial charge in [0.05, 0.1) is 0 Å². The second-order valence-electron chi connectivity index (χ2n) is 2.68. The molecule has 1 unspecified atom stereocenters. The highest BCUT2D eigenvalue weighted by Gasteiger charge is 2.03. The first-order valence-electron chi connectivity index (χ1n) is 4.40. The Kier molecular flexibility index (Phi) is 4.93. The van der Waals surface area contributed by atoms with Crippen LogP contribution < -0.4 is 4.74 Å². The normalized spacial score (nSPS) is 12.5. The van der Waals surface area contributed by atoms with Crippen molar-refractivity contribution in [1.82, 2.24) is 0 Å². The van der Waals surface area contributed by atoms with Crippen LogP contribution in [0, 0.1) is 0 Å². The summed E-state index contributed by atoms with van der Waals surface area (Å²) in [6.07, 6.45) is -0.862. The van der Waals surface area contributed by atoms with E-state index >= 15 is 0 Å². The molecule has 0 saturated carbocycles. The smallest absolute Gasteiger partial charge is 0.189 e. The first-order chi connectivity index (χ1) is 6.72. The summed E-state index contributed by atoms with van der Waals surface area (Å²) in [5, 5.41) is 9.22. The van der Waals surface area contributed by atoms with Gasteiger partial charge in [-0.1, -0.05) is 22.0 Å². The van der Waals surface area contributed by atoms with Gasteiger partial charge in [-0.2, -0.15) is 0 Å². The van der Waals surface area contributed by atoms with Crippen molar-refractivity contribution in [2.45, 2.75) is 13.2 Å². The lowest BCUT2D eigenvalue weighted by molar-refractivity contribution is -0.115. The van der Waals surface area contributed by atoms with Gasteiger partial charge in [-0.25, -0.2) is 0 Å². The molecule has 1 aromatic rings. The van der Waals surface area contributed by atoms with Gasteiger partial charge in [0.2, 0.25) is 0 Å². The molecule has 0 saturated heterocycles. The minimum atomic E-state index is -0.862. The average molecular weight is 261 g/mol. The van der Waals surface area contributed by atoms with E-state index in [4.69, 9.17) is 9.47 Å². The third-order valence-electron chi connectivity index (χ3n) is 1.55. The lowest BCUT2D eigenvalue weighted by atomic mass is 10.3. The molecule has 0 spiro atoms. The van der Waals surface area contributed by atoms with Gasteiger partial charge in [0.25, 0.3) is 0 Å². The van der Waals surface area contributed by atoms with Gasteiger partial charge >= 0.3 is 0 Å². The monoisotopic (exact) mass is 260 g/mol. The topological polar surface area (TPSA) is 38.7 Å². The Labute approximate surface area is 91.8 Å². The quantitative estimate of drug-likeness (QED) is 0.825. The Hall–Kier alpha value is -0.580. The summed E-state index contributed by atoms with van der Waals surface area (Å²) in [4.78, 5) is 0. The number of ether oxygens (including phenoxy) is 2. The molecule has 0 heterocycles. The van der Waals surface area contributed by atoms with E-state index in [9.17, 15) is 5.11 Å². The van der Waals surface area contributed by atoms with Crippen LogP contribution in [0.2, 0.25) is 0 Å². The SMILES string of the molecule is CCOC(O)COc1cccc(Br)c1. The number of hydrogen-bond acceptors (Lipinski definition) is 3. The molecular formula is C10H13BrO3. The van der Waals surface area contributed by atoms with Crippen LogP contribution in [-0.4, -0.2) is 24.6 Å². The number of rotatable bonds is 5. The first kappa shape index (κ1) is 11.5. The summed E-state index contributed by atoms with van der Waals surface area (Å²) in [6.45, 7) is 2.44. The van der Waals surface area contributed by atoms with E-state index in [1.165, 1.54) is 0 Å². The molecule has 4 heteroatoms. The molecule has 1 rings (SSSR count). The van der Waals surface area contributed by atoms with Crippen LogP contribution in [-0.2, 0) is 4.74 Å². The molecule has 1 aromatic carbocycles. The van der Waals surface area contributed by atoms with Gasteiger partial charge in [-0.05, 0) is 25.1 Å². The molecule has 0 radical (unpaired) electrons. The van der Waals surface area contributed by atoms with E-state index in [1.54, 1.807) is 0 Å². The molecule has 0 amide bonds. The van der Waals surface area contributed by atoms with Crippen LogP contribution >= 0.6 is 15.9 Å². The molecule has 1 atom stereocenters. The number of aliphatic hydroxyl groups excluding tert-OH is 1. The van der Waals surface area contributed by atoms with Crippen LogP contribution in [0.4, 0.5) is 0 Å². The van der Waals surface area contributed by atoms with Crippen LogP contribution in [0.25, 0.3) is 0 Å². The van der Waals surface area contributed by atoms with Crippen molar-refractivity contribution in [3.05, 3.63) is 28.7 Å². The minimum absolute atomic E-state index is 0.143. The highest BCUT2D eigenvalue weighted by molar-refractivity contribution is 9.10. The highest BCUT2D eigenvalue weighted by atomic mass is 79.9. The number of halogens is 1. The van der Waals surface area contributed by atoms with E-state index in [1.807, 2.05) is 31.2 Å². The molecule has 78 valence electrons. The van der Waals surface area contributed by atoms with Gasteiger partial charge in [-0.3, -0.25) is 0 Å². The Balaban J connectivity index is 2.37. The number of aliphatic hydroxyl groups is 1. The third-order valence-corrected chi connectivity index (χ3v) is 2.04. The molecular weight excluding hydrogens is 248 g/mol. The molecule has 0 aliphatic rings. The van der Waals surface area contributed by atoms with Crippen molar-refractivity contribution in [3.63, 3.8) is 0 Å². The van der Waals surface area contributed by atoms with E-state index in [-0.39, 0.29) is 6.61 Å². The third kappa shape index (κ3) is 4.09. The lowest BCUT2D eigenvalue weighted by Gasteiger charge is -2.11. The van der Waals surface area contributed by atoms with Crippen molar-refractivity contribution < 1.29 is 14.6 Å². The van der Waals surface area contributed by atoms with E-state index in [2.05, 4.69) is 15.9 Å². The highest BCUT2D eigenvalue weighted by Crippen LogP contribution is 2.17. The number of benzene rings is 1. The van der Waals surface area contributed by atoms with Gasteiger partial charge in [0, 0.05) is 11.1 Å². The van der Waals surface area contributed by atoms with Gasteiger partial charge in [0.15, 0.2) is 6.29 Å². The summed E-state index contributed by atoms with van der Waals surface area (Å²) >= 11 is 3.33. The van der Waals surface area contributed by atoms with Crippen LogP contribution in [0.5, 0.6) is 5.75 Å². The zero-order valence-electron chi connectivity index (χ0n) is 7.94. The fourth-order valence-corrected chi connectivity index (χ4v) is 1.34. The summed E-state index contributed by atoms with van der Waals surface area (Å²) in [5.41, 5.74) is 0. The summed E-state index contributed by atoms with van der Waals surface area (Å²) in [7, 11) is 0. The zero-order valence-corrected chi connectivity index (χ0v) is 9.53. The lowest BCUT2D eigenvalue weighted by Crippen LogP contribution is -2.20. The van der Waals surface area contributed by atoms with Crippen molar-refractivity contribution in [3.8, 4) is 5.75 Å². The summed E-state index contributed by atoms with van der Waals surface area (Å²) in [6, 6.07) is 7.43. The minimum Gasteiger partial charge on any atom is -0.488 e. The fourth-order valence-electron chi connectivity index (χ4n) is 0.965. The molecule has 0 aromatic heterocycles. The van der Waals surface area contributed by atoms with E-state index in [0.717, 1.165) is 4.47 Å². The Morgan fingerprint density at radius 2 is 2.29 bits per heavy atom. The second kappa shape index (κ2) is 6.01. The largest absolute Gasteiger partial charge is 0.488 e. The Morgan fingerprint density at radius 1 is 1.50 bits per heavy atom. The van der Waals surface area contributed by atoms with Gasteiger partial charge < -0.3 is 14.6 Å². The van der Waals surface area contributed by atoms with Crippen molar-refractivity contribution in [2.24, 2.45) is 0 Å². The molecule has 0 bridgehead atoms. The van der Waals surface area contributed by atoms with Crippen molar-refractivity contribution in [1.29, 1.82) is 0 Å². The predicted molar refractivity (Wildman–Crippen MR) is 57.3 cm³/mol. The van der Waals surface area contributed by atoms with Crippen molar-refractivity contribution in [2.75, 3.05) is 13.2 Å². The van der Waals surface area contributed by atoms with Gasteiger partial charge in [-0.15, -0.1) is 0 Å². The molecule has 1 N–H and O–H groups in total. The predicted octanol–water partition coefficient (Wildman–Crippen LogP) is 2.18. The molecule has 14 heavy (non-hydrogen) atoms. The molecule has 3 nitrogen and oxygen atoms in total. The second-order valence-corrected chi connectivity index (χ2v) is 3.59. The van der Waals surface area contributed by atoms with Crippen LogP contribution in [0.1, 0.15) is 6.92 Å². The molecule has 0 aliphatic heterocycles. The maximum Gasteiger partial charge on any atom is 0.189 e. The van der Waals surface area contributed by atoms with E-state index in [0.29, 0.717) is 12.4 Å². The standard InChI is InChI=1S/C10H13BrO3/c1-2-13-10(12)7-14-9-5-3-4-8(11)6-9/h3-6,10,12H,2,7H2,1H3. The van der Waals surface area contributed by atoms with Gasteiger partial charge in [0.1, 0.15) is 12.4 Å². The number of hydrogen-bond donors (Lipinski definition) is 1. The maximum atomic E-state index is 9.22. The average Bonchev–Trinajstić information content (AvgIpc) is 2.15.